The minimum Gasteiger partial charge on any atom is -0.496 e. The van der Waals surface area contributed by atoms with Crippen molar-refractivity contribution in [3.63, 3.8) is 0 Å². The molecule has 1 aromatic carbocycles. The zero-order chi connectivity index (χ0) is 13.1. The average Bonchev–Trinajstić information content (AvgIpc) is 2.74. The molecule has 4 nitrogen and oxygen atoms in total. The van der Waals surface area contributed by atoms with Gasteiger partial charge < -0.3 is 10.5 Å². The van der Waals surface area contributed by atoms with Crippen molar-refractivity contribution >= 4 is 23.3 Å². The monoisotopic (exact) mass is 281 g/mol. The van der Waals surface area contributed by atoms with Gasteiger partial charge >= 0.3 is 0 Å². The molecule has 1 aromatic heterocycles. The lowest BCUT2D eigenvalue weighted by Crippen LogP contribution is -2.08. The van der Waals surface area contributed by atoms with Crippen molar-refractivity contribution in [2.24, 2.45) is 5.73 Å². The molecular formula is C12H15N3OS2. The molecule has 0 amide bonds. The summed E-state index contributed by atoms with van der Waals surface area (Å²) >= 11 is 2.98. The third kappa shape index (κ3) is 2.82. The van der Waals surface area contributed by atoms with Crippen LogP contribution in [0.2, 0.25) is 0 Å². The topological polar surface area (TPSA) is 61.0 Å². The van der Waals surface area contributed by atoms with E-state index in [0.29, 0.717) is 0 Å². The van der Waals surface area contributed by atoms with Gasteiger partial charge in [0.25, 0.3) is 0 Å². The fourth-order valence-corrected chi connectivity index (χ4v) is 3.52. The lowest BCUT2D eigenvalue weighted by atomic mass is 10.1. The number of hydrogen-bond acceptors (Lipinski definition) is 6. The number of nitrogens with two attached hydrogens (primary N) is 1. The van der Waals surface area contributed by atoms with Gasteiger partial charge in [0.15, 0.2) is 4.34 Å². The van der Waals surface area contributed by atoms with E-state index in [9.17, 15) is 0 Å². The summed E-state index contributed by atoms with van der Waals surface area (Å²) in [4.78, 5) is 5.42. The van der Waals surface area contributed by atoms with Gasteiger partial charge in [-0.2, -0.15) is 4.37 Å². The van der Waals surface area contributed by atoms with Gasteiger partial charge in [-0.15, -0.1) is 0 Å². The number of hydrogen-bond donors (Lipinski definition) is 1. The summed E-state index contributed by atoms with van der Waals surface area (Å²) in [5, 5.41) is 0. The molecule has 0 aliphatic carbocycles. The van der Waals surface area contributed by atoms with E-state index in [1.807, 2.05) is 32.0 Å². The van der Waals surface area contributed by atoms with Crippen molar-refractivity contribution in [3.8, 4) is 5.75 Å². The Morgan fingerprint density at radius 2 is 2.22 bits per heavy atom. The Balaban J connectivity index is 2.37. The molecule has 18 heavy (non-hydrogen) atoms. The highest BCUT2D eigenvalue weighted by Gasteiger charge is 2.15. The summed E-state index contributed by atoms with van der Waals surface area (Å²) in [6.07, 6.45) is 0. The van der Waals surface area contributed by atoms with Crippen LogP contribution in [0.5, 0.6) is 5.75 Å². The number of aryl methyl sites for hydroxylation is 1. The molecule has 0 saturated carbocycles. The van der Waals surface area contributed by atoms with Crippen molar-refractivity contribution in [1.82, 2.24) is 9.36 Å². The highest BCUT2D eigenvalue weighted by atomic mass is 32.2. The van der Waals surface area contributed by atoms with Crippen molar-refractivity contribution in [2.75, 3.05) is 7.11 Å². The van der Waals surface area contributed by atoms with Gasteiger partial charge in [-0.05, 0) is 37.5 Å². The van der Waals surface area contributed by atoms with Gasteiger partial charge in [-0.1, -0.05) is 17.8 Å². The van der Waals surface area contributed by atoms with E-state index in [1.54, 1.807) is 18.9 Å². The van der Waals surface area contributed by atoms with E-state index in [4.69, 9.17) is 10.5 Å². The summed E-state index contributed by atoms with van der Waals surface area (Å²) in [5.74, 6) is 1.61. The Kier molecular flexibility index (Phi) is 4.21. The van der Waals surface area contributed by atoms with Crippen LogP contribution in [0.15, 0.2) is 27.4 Å². The minimum atomic E-state index is -0.0855. The summed E-state index contributed by atoms with van der Waals surface area (Å²) in [6, 6.07) is 5.83. The maximum absolute atomic E-state index is 6.02. The van der Waals surface area contributed by atoms with Crippen molar-refractivity contribution in [1.29, 1.82) is 0 Å². The largest absolute Gasteiger partial charge is 0.496 e. The van der Waals surface area contributed by atoms with Crippen molar-refractivity contribution in [3.05, 3.63) is 29.6 Å². The van der Waals surface area contributed by atoms with Crippen LogP contribution in [0.1, 0.15) is 24.4 Å². The molecule has 1 atom stereocenters. The summed E-state index contributed by atoms with van der Waals surface area (Å²) in [5.41, 5.74) is 7.04. The lowest BCUT2D eigenvalue weighted by molar-refractivity contribution is 0.405. The molecule has 2 aromatic rings. The summed E-state index contributed by atoms with van der Waals surface area (Å²) < 4.78 is 10.5. The molecule has 0 bridgehead atoms. The van der Waals surface area contributed by atoms with E-state index in [2.05, 4.69) is 9.36 Å². The SMILES string of the molecule is COc1cccc(Sc2nc(C)ns2)c1[C@H](C)N. The summed E-state index contributed by atoms with van der Waals surface area (Å²) in [7, 11) is 1.66. The average molecular weight is 281 g/mol. The fraction of sp³-hybridized carbons (Fsp3) is 0.333. The molecule has 0 aliphatic heterocycles. The van der Waals surface area contributed by atoms with Gasteiger partial charge in [0.05, 0.1) is 7.11 Å². The molecule has 1 heterocycles. The van der Waals surface area contributed by atoms with Crippen LogP contribution in [-0.4, -0.2) is 16.5 Å². The Bertz CT molecular complexity index is 540. The second-order valence-electron chi connectivity index (χ2n) is 3.87. The Morgan fingerprint density at radius 1 is 1.44 bits per heavy atom. The van der Waals surface area contributed by atoms with E-state index in [1.165, 1.54) is 11.5 Å². The first kappa shape index (κ1) is 13.3. The zero-order valence-corrected chi connectivity index (χ0v) is 12.1. The quantitative estimate of drug-likeness (QED) is 0.933. The van der Waals surface area contributed by atoms with Crippen LogP contribution in [0.4, 0.5) is 0 Å². The molecule has 2 N–H and O–H groups in total. The second kappa shape index (κ2) is 5.69. The molecule has 0 saturated heterocycles. The van der Waals surface area contributed by atoms with Gasteiger partial charge in [0.1, 0.15) is 11.6 Å². The van der Waals surface area contributed by atoms with E-state index >= 15 is 0 Å². The van der Waals surface area contributed by atoms with E-state index in [0.717, 1.165) is 26.4 Å². The van der Waals surface area contributed by atoms with E-state index < -0.39 is 0 Å². The van der Waals surface area contributed by atoms with Crippen LogP contribution in [0.3, 0.4) is 0 Å². The standard InChI is InChI=1S/C12H15N3OS2/c1-7(13)11-9(16-3)5-4-6-10(11)17-12-14-8(2)15-18-12/h4-7H,13H2,1-3H3/t7-/m0/s1. The highest BCUT2D eigenvalue weighted by molar-refractivity contribution is 8.01. The lowest BCUT2D eigenvalue weighted by Gasteiger charge is -2.15. The first-order chi connectivity index (χ1) is 8.61. The second-order valence-corrected chi connectivity index (χ2v) is 5.91. The Hall–Kier alpha value is -1.11. The van der Waals surface area contributed by atoms with Crippen LogP contribution in [0.25, 0.3) is 0 Å². The van der Waals surface area contributed by atoms with Crippen LogP contribution < -0.4 is 10.5 Å². The van der Waals surface area contributed by atoms with Crippen molar-refractivity contribution in [2.45, 2.75) is 29.1 Å². The van der Waals surface area contributed by atoms with Gasteiger partial charge in [-0.3, -0.25) is 0 Å². The third-order valence-electron chi connectivity index (χ3n) is 2.41. The van der Waals surface area contributed by atoms with Crippen LogP contribution in [-0.2, 0) is 0 Å². The maximum Gasteiger partial charge on any atom is 0.174 e. The predicted molar refractivity (Wildman–Crippen MR) is 74.4 cm³/mol. The number of rotatable bonds is 4. The number of ether oxygens (including phenoxy) is 1. The van der Waals surface area contributed by atoms with Gasteiger partial charge in [0.2, 0.25) is 0 Å². The zero-order valence-electron chi connectivity index (χ0n) is 10.5. The van der Waals surface area contributed by atoms with Crippen LogP contribution >= 0.6 is 23.3 Å². The molecule has 0 fully saturated rings. The normalized spacial score (nSPS) is 12.4. The highest BCUT2D eigenvalue weighted by Crippen LogP contribution is 2.38. The van der Waals surface area contributed by atoms with Crippen LogP contribution in [0, 0.1) is 6.92 Å². The first-order valence-corrected chi connectivity index (χ1v) is 7.11. The first-order valence-electron chi connectivity index (χ1n) is 5.52. The minimum absolute atomic E-state index is 0.0855. The molecule has 0 aliphatic rings. The van der Waals surface area contributed by atoms with Gasteiger partial charge in [0, 0.05) is 16.5 Å². The Labute approximate surface area is 115 Å². The maximum atomic E-state index is 6.02. The Morgan fingerprint density at radius 3 is 2.78 bits per heavy atom. The summed E-state index contributed by atoms with van der Waals surface area (Å²) in [6.45, 7) is 3.84. The number of nitrogens with zero attached hydrogens (tertiary/aromatic N) is 2. The molecule has 0 radical (unpaired) electrons. The third-order valence-corrected chi connectivity index (χ3v) is 4.33. The van der Waals surface area contributed by atoms with Gasteiger partial charge in [-0.25, -0.2) is 4.98 Å². The molecule has 2 rings (SSSR count). The van der Waals surface area contributed by atoms with E-state index in [-0.39, 0.29) is 6.04 Å². The fourth-order valence-electron chi connectivity index (χ4n) is 1.65. The molecular weight excluding hydrogens is 266 g/mol. The molecule has 6 heteroatoms. The molecule has 96 valence electrons. The van der Waals surface area contributed by atoms with Crippen molar-refractivity contribution < 1.29 is 4.74 Å². The molecule has 0 unspecified atom stereocenters. The smallest absolute Gasteiger partial charge is 0.174 e. The number of benzene rings is 1. The number of aromatic nitrogens is 2. The number of methoxy groups -OCH3 is 1. The predicted octanol–water partition coefficient (Wildman–Crippen LogP) is 3.03. The molecule has 0 spiro atoms.